The summed E-state index contributed by atoms with van der Waals surface area (Å²) in [5, 5.41) is 2.11. The molecule has 5 rings (SSSR count). The number of allylic oxidation sites excluding steroid dienone is 1. The topological polar surface area (TPSA) is 87.0 Å². The zero-order valence-electron chi connectivity index (χ0n) is 19.8. The molecule has 0 radical (unpaired) electrons. The highest BCUT2D eigenvalue weighted by Gasteiger charge is 2.33. The van der Waals surface area contributed by atoms with Crippen molar-refractivity contribution < 1.29 is 19.1 Å². The minimum Gasteiger partial charge on any atom is -0.466 e. The number of carbonyl (C=O) groups excluding carboxylic acids is 2. The number of carbonyl (C=O) groups is 2. The first-order chi connectivity index (χ1) is 17.4. The summed E-state index contributed by atoms with van der Waals surface area (Å²) in [5.74, 6) is -1.04. The van der Waals surface area contributed by atoms with Crippen LogP contribution in [0.1, 0.15) is 34.5 Å². The van der Waals surface area contributed by atoms with E-state index in [1.165, 1.54) is 30.1 Å². The van der Waals surface area contributed by atoms with Gasteiger partial charge in [0.15, 0.2) is 4.80 Å². The van der Waals surface area contributed by atoms with Crippen LogP contribution in [0.4, 0.5) is 0 Å². The van der Waals surface area contributed by atoms with Crippen LogP contribution in [-0.4, -0.2) is 30.7 Å². The second-order valence-corrected chi connectivity index (χ2v) is 9.26. The smallest absolute Gasteiger partial charge is 0.338 e. The Balaban J connectivity index is 1.73. The Hall–Kier alpha value is -4.30. The number of thiazole rings is 1. The maximum atomic E-state index is 13.8. The number of nitrogens with zero attached hydrogens (tertiary/aromatic N) is 2. The second-order valence-electron chi connectivity index (χ2n) is 8.26. The van der Waals surface area contributed by atoms with Crippen LogP contribution < -0.4 is 14.9 Å². The predicted molar refractivity (Wildman–Crippen MR) is 138 cm³/mol. The van der Waals surface area contributed by atoms with Crippen molar-refractivity contribution in [3.63, 3.8) is 0 Å². The monoisotopic (exact) mass is 498 g/mol. The number of ether oxygens (including phenoxy) is 2. The molecule has 0 saturated carbocycles. The summed E-state index contributed by atoms with van der Waals surface area (Å²) in [6.07, 6.45) is 1.86. The first kappa shape index (κ1) is 23.4. The van der Waals surface area contributed by atoms with E-state index in [1.54, 1.807) is 31.2 Å². The fourth-order valence-electron chi connectivity index (χ4n) is 4.44. The van der Waals surface area contributed by atoms with E-state index in [4.69, 9.17) is 9.47 Å². The van der Waals surface area contributed by atoms with Crippen LogP contribution in [-0.2, 0) is 14.3 Å². The fraction of sp³-hybridized carbons (Fsp3) is 0.143. The first-order valence-electron chi connectivity index (χ1n) is 11.2. The van der Waals surface area contributed by atoms with Gasteiger partial charge in [-0.15, -0.1) is 0 Å². The first-order valence-corrected chi connectivity index (χ1v) is 12.0. The average Bonchev–Trinajstić information content (AvgIpc) is 3.21. The van der Waals surface area contributed by atoms with Crippen molar-refractivity contribution in [1.82, 2.24) is 4.57 Å². The van der Waals surface area contributed by atoms with Crippen molar-refractivity contribution in [1.29, 1.82) is 0 Å². The Morgan fingerprint density at radius 2 is 1.64 bits per heavy atom. The number of esters is 2. The maximum absolute atomic E-state index is 13.8. The second kappa shape index (κ2) is 9.39. The predicted octanol–water partition coefficient (Wildman–Crippen LogP) is 3.35. The number of fused-ring (bicyclic) bond motifs is 2. The molecular formula is C28H22N2O5S. The number of benzene rings is 3. The van der Waals surface area contributed by atoms with Crippen LogP contribution in [0.2, 0.25) is 0 Å². The quantitative estimate of drug-likeness (QED) is 0.403. The molecule has 0 fully saturated rings. The van der Waals surface area contributed by atoms with E-state index in [9.17, 15) is 14.4 Å². The highest BCUT2D eigenvalue weighted by atomic mass is 32.1. The molecule has 1 unspecified atom stereocenters. The largest absolute Gasteiger partial charge is 0.466 e. The zero-order valence-corrected chi connectivity index (χ0v) is 20.7. The minimum absolute atomic E-state index is 0.261. The van der Waals surface area contributed by atoms with Crippen molar-refractivity contribution in [3.8, 4) is 0 Å². The Morgan fingerprint density at radius 1 is 0.944 bits per heavy atom. The van der Waals surface area contributed by atoms with Crippen LogP contribution in [0.15, 0.2) is 87.8 Å². The summed E-state index contributed by atoms with van der Waals surface area (Å²) in [5.41, 5.74) is 2.42. The molecule has 8 heteroatoms. The summed E-state index contributed by atoms with van der Waals surface area (Å²) in [6.45, 7) is 1.73. The molecule has 36 heavy (non-hydrogen) atoms. The maximum Gasteiger partial charge on any atom is 0.338 e. The van der Waals surface area contributed by atoms with Crippen LogP contribution in [0.3, 0.4) is 0 Å². The fourth-order valence-corrected chi connectivity index (χ4v) is 5.48. The third-order valence-corrected chi connectivity index (χ3v) is 7.17. The van der Waals surface area contributed by atoms with Crippen molar-refractivity contribution in [3.05, 3.63) is 114 Å². The van der Waals surface area contributed by atoms with Crippen molar-refractivity contribution in [2.24, 2.45) is 4.99 Å². The highest BCUT2D eigenvalue weighted by molar-refractivity contribution is 7.07. The molecule has 3 aromatic carbocycles. The number of methoxy groups -OCH3 is 2. The van der Waals surface area contributed by atoms with Gasteiger partial charge in [0, 0.05) is 0 Å². The number of aromatic nitrogens is 1. The summed E-state index contributed by atoms with van der Waals surface area (Å²) in [6, 6.07) is 19.8. The lowest BCUT2D eigenvalue weighted by Crippen LogP contribution is -2.39. The molecule has 2 heterocycles. The van der Waals surface area contributed by atoms with Crippen LogP contribution in [0.5, 0.6) is 0 Å². The summed E-state index contributed by atoms with van der Waals surface area (Å²) < 4.78 is 11.9. The third kappa shape index (κ3) is 3.95. The van der Waals surface area contributed by atoms with E-state index in [-0.39, 0.29) is 11.1 Å². The van der Waals surface area contributed by atoms with E-state index in [0.29, 0.717) is 26.2 Å². The van der Waals surface area contributed by atoms with Gasteiger partial charge in [0.1, 0.15) is 0 Å². The Labute approximate surface area is 210 Å². The SMILES string of the molecule is COC(=O)C1=C(C)N=c2sc(=Cc3cccc4ccccc34)c(=O)n2C1c1ccc(C(=O)OC)cc1. The van der Waals surface area contributed by atoms with Crippen LogP contribution in [0.25, 0.3) is 16.8 Å². The Bertz CT molecular complexity index is 1720. The Kier molecular flexibility index (Phi) is 6.12. The zero-order chi connectivity index (χ0) is 25.4. The number of rotatable bonds is 4. The summed E-state index contributed by atoms with van der Waals surface area (Å²) in [7, 11) is 2.61. The summed E-state index contributed by atoms with van der Waals surface area (Å²) in [4.78, 5) is 43.6. The van der Waals surface area contributed by atoms with E-state index in [2.05, 4.69) is 4.99 Å². The van der Waals surface area contributed by atoms with Gasteiger partial charge in [-0.05, 0) is 47.0 Å². The van der Waals surface area contributed by atoms with Gasteiger partial charge in [0.25, 0.3) is 5.56 Å². The van der Waals surface area contributed by atoms with Crippen LogP contribution in [0, 0.1) is 0 Å². The molecule has 1 aliphatic heterocycles. The summed E-state index contributed by atoms with van der Waals surface area (Å²) >= 11 is 1.27. The van der Waals surface area contributed by atoms with Gasteiger partial charge in [-0.2, -0.15) is 0 Å². The van der Waals surface area contributed by atoms with Gasteiger partial charge in [-0.1, -0.05) is 65.9 Å². The molecule has 0 bridgehead atoms. The third-order valence-electron chi connectivity index (χ3n) is 6.18. The molecule has 1 atom stereocenters. The number of hydrogen-bond acceptors (Lipinski definition) is 7. The number of hydrogen-bond donors (Lipinski definition) is 0. The molecule has 0 aliphatic carbocycles. The highest BCUT2D eigenvalue weighted by Crippen LogP contribution is 2.31. The Morgan fingerprint density at radius 3 is 2.36 bits per heavy atom. The molecule has 1 aliphatic rings. The average molecular weight is 499 g/mol. The molecule has 1 aromatic heterocycles. The van der Waals surface area contributed by atoms with Gasteiger partial charge in [0.05, 0.1) is 41.6 Å². The van der Waals surface area contributed by atoms with E-state index < -0.39 is 18.0 Å². The van der Waals surface area contributed by atoms with Crippen molar-refractivity contribution in [2.45, 2.75) is 13.0 Å². The van der Waals surface area contributed by atoms with Gasteiger partial charge in [-0.25, -0.2) is 14.6 Å². The minimum atomic E-state index is -0.755. The molecule has 180 valence electrons. The van der Waals surface area contributed by atoms with Crippen molar-refractivity contribution in [2.75, 3.05) is 14.2 Å². The van der Waals surface area contributed by atoms with Gasteiger partial charge in [0.2, 0.25) is 0 Å². The molecule has 0 saturated heterocycles. The molecule has 7 nitrogen and oxygen atoms in total. The lowest BCUT2D eigenvalue weighted by atomic mass is 9.95. The molecular weight excluding hydrogens is 476 g/mol. The molecule has 0 N–H and O–H groups in total. The van der Waals surface area contributed by atoms with Crippen LogP contribution >= 0.6 is 11.3 Å². The lowest BCUT2D eigenvalue weighted by molar-refractivity contribution is -0.136. The standard InChI is InChI=1S/C28H22N2O5S/c1-16-23(27(33)35-3)24(18-11-13-19(14-12-18)26(32)34-2)30-25(31)22(36-28(30)29-16)15-20-9-6-8-17-7-4-5-10-21(17)20/h4-15,24H,1-3H3. The van der Waals surface area contributed by atoms with Gasteiger partial charge in [-0.3, -0.25) is 9.36 Å². The van der Waals surface area contributed by atoms with Gasteiger partial charge >= 0.3 is 11.9 Å². The van der Waals surface area contributed by atoms with E-state index in [1.807, 2.05) is 48.5 Å². The molecule has 0 spiro atoms. The molecule has 0 amide bonds. The van der Waals surface area contributed by atoms with E-state index >= 15 is 0 Å². The van der Waals surface area contributed by atoms with E-state index in [0.717, 1.165) is 16.3 Å². The molecule has 4 aromatic rings. The van der Waals surface area contributed by atoms with Crippen molar-refractivity contribution >= 4 is 40.1 Å². The van der Waals surface area contributed by atoms with Gasteiger partial charge < -0.3 is 9.47 Å². The normalized spacial score (nSPS) is 15.4. The lowest BCUT2D eigenvalue weighted by Gasteiger charge is -2.24.